The fourth-order valence-corrected chi connectivity index (χ4v) is 6.58. The van der Waals surface area contributed by atoms with Gasteiger partial charge in [-0.25, -0.2) is 0 Å². The molecule has 1 aliphatic heterocycles. The molecule has 0 bridgehead atoms. The first-order valence-corrected chi connectivity index (χ1v) is 13.1. The number of hydrogen-bond acceptors (Lipinski definition) is 5. The number of hydrogen-bond donors (Lipinski definition) is 2. The average molecular weight is 491 g/mol. The van der Waals surface area contributed by atoms with Crippen molar-refractivity contribution in [3.05, 3.63) is 30.0 Å². The van der Waals surface area contributed by atoms with Gasteiger partial charge in [0.15, 0.2) is 0 Å². The highest BCUT2D eigenvalue weighted by molar-refractivity contribution is 6.02. The summed E-state index contributed by atoms with van der Waals surface area (Å²) in [6.45, 7) is 0.536. The first kappa shape index (κ1) is 24.4. The van der Waals surface area contributed by atoms with Gasteiger partial charge in [-0.3, -0.25) is 14.4 Å². The summed E-state index contributed by atoms with van der Waals surface area (Å²) in [5, 5.41) is 13.4. The number of likely N-dealkylation sites (tertiary alicyclic amines) is 1. The summed E-state index contributed by atoms with van der Waals surface area (Å²) in [6, 6.07) is 8.21. The number of H-pyrrole nitrogens is 1. The Bertz CT molecular complexity index is 1210. The molecule has 3 atom stereocenters. The molecule has 1 aromatic heterocycles. The lowest BCUT2D eigenvalue weighted by Gasteiger charge is -2.32. The minimum Gasteiger partial charge on any atom is -0.496 e. The zero-order valence-corrected chi connectivity index (χ0v) is 20.8. The van der Waals surface area contributed by atoms with Crippen LogP contribution in [0.5, 0.6) is 5.75 Å². The molecule has 2 N–H and O–H groups in total. The van der Waals surface area contributed by atoms with Gasteiger partial charge in [-0.2, -0.15) is 5.26 Å². The third kappa shape index (κ3) is 4.59. The number of ether oxygens (including phenoxy) is 1. The van der Waals surface area contributed by atoms with Gasteiger partial charge in [0.05, 0.1) is 13.2 Å². The molecule has 3 fully saturated rings. The van der Waals surface area contributed by atoms with Crippen LogP contribution in [-0.2, 0) is 9.59 Å². The van der Waals surface area contributed by atoms with E-state index in [1.54, 1.807) is 18.1 Å². The molecule has 5 rings (SSSR count). The van der Waals surface area contributed by atoms with Gasteiger partial charge in [0.2, 0.25) is 5.91 Å². The molecule has 1 aromatic carbocycles. The van der Waals surface area contributed by atoms with Crippen LogP contribution >= 0.6 is 0 Å². The summed E-state index contributed by atoms with van der Waals surface area (Å²) in [5.74, 6) is 0.187. The van der Waals surface area contributed by atoms with Crippen molar-refractivity contribution in [3.8, 4) is 11.8 Å². The summed E-state index contributed by atoms with van der Waals surface area (Å²) < 4.78 is 5.45. The number of aromatic amines is 1. The van der Waals surface area contributed by atoms with Crippen LogP contribution in [0, 0.1) is 22.7 Å². The van der Waals surface area contributed by atoms with Gasteiger partial charge in [0.25, 0.3) is 5.91 Å². The SMILES string of the molecule is COc1cccc2[nH]c(C(=O)N3CC4(CCCCC4)CC3C(=O)N[C@H](C#N)C[C@@H]3CCCC3=O)cc12. The van der Waals surface area contributed by atoms with Gasteiger partial charge in [-0.15, -0.1) is 0 Å². The van der Waals surface area contributed by atoms with E-state index in [4.69, 9.17) is 4.74 Å². The van der Waals surface area contributed by atoms with Crippen LogP contribution in [0.3, 0.4) is 0 Å². The number of methoxy groups -OCH3 is 1. The Labute approximate surface area is 211 Å². The number of ketones is 1. The van der Waals surface area contributed by atoms with Crippen molar-refractivity contribution in [2.24, 2.45) is 11.3 Å². The van der Waals surface area contributed by atoms with E-state index in [1.807, 2.05) is 18.2 Å². The fraction of sp³-hybridized carbons (Fsp3) is 0.571. The minimum absolute atomic E-state index is 0.0663. The largest absolute Gasteiger partial charge is 0.496 e. The summed E-state index contributed by atoms with van der Waals surface area (Å²) in [4.78, 5) is 44.4. The van der Waals surface area contributed by atoms with Crippen molar-refractivity contribution in [1.29, 1.82) is 5.26 Å². The van der Waals surface area contributed by atoms with E-state index in [2.05, 4.69) is 16.4 Å². The molecule has 1 spiro atoms. The van der Waals surface area contributed by atoms with Crippen molar-refractivity contribution in [1.82, 2.24) is 15.2 Å². The minimum atomic E-state index is -0.734. The normalized spacial score (nSPS) is 24.1. The third-order valence-corrected chi connectivity index (χ3v) is 8.48. The number of nitrogens with zero attached hydrogens (tertiary/aromatic N) is 2. The Morgan fingerprint density at radius 1 is 1.28 bits per heavy atom. The molecule has 36 heavy (non-hydrogen) atoms. The van der Waals surface area contributed by atoms with Crippen LogP contribution < -0.4 is 10.1 Å². The molecule has 2 aliphatic carbocycles. The van der Waals surface area contributed by atoms with Crippen LogP contribution in [0.1, 0.15) is 74.7 Å². The summed E-state index contributed by atoms with van der Waals surface area (Å²) >= 11 is 0. The standard InChI is InChI=1S/C28H34N4O4/c1-36-25-10-6-8-21-20(25)14-22(31-21)27(35)32-17-28(11-3-2-4-12-28)15-23(32)26(34)30-19(16-29)13-18-7-5-9-24(18)33/h6,8,10,14,18-19,23,31H,2-5,7,9,11-13,15,17H2,1H3,(H,30,34)/t18-,19-,23?/m0/s1. The maximum absolute atomic E-state index is 13.8. The van der Waals surface area contributed by atoms with Gasteiger partial charge >= 0.3 is 0 Å². The monoisotopic (exact) mass is 490 g/mol. The number of carbonyl (C=O) groups is 3. The second-order valence-corrected chi connectivity index (χ2v) is 10.8. The molecule has 2 amide bonds. The predicted octanol–water partition coefficient (Wildman–Crippen LogP) is 4.11. The number of fused-ring (bicyclic) bond motifs is 1. The number of aromatic nitrogens is 1. The number of nitrogens with one attached hydrogen (secondary N) is 2. The van der Waals surface area contributed by atoms with Crippen molar-refractivity contribution < 1.29 is 19.1 Å². The van der Waals surface area contributed by atoms with E-state index >= 15 is 0 Å². The van der Waals surface area contributed by atoms with E-state index in [-0.39, 0.29) is 28.9 Å². The van der Waals surface area contributed by atoms with Crippen LogP contribution in [-0.4, -0.2) is 53.2 Å². The maximum atomic E-state index is 13.8. The molecule has 2 saturated carbocycles. The van der Waals surface area contributed by atoms with Crippen molar-refractivity contribution in [3.63, 3.8) is 0 Å². The second-order valence-electron chi connectivity index (χ2n) is 10.8. The van der Waals surface area contributed by atoms with Crippen LogP contribution in [0.2, 0.25) is 0 Å². The number of benzene rings is 1. The molecule has 2 heterocycles. The number of amides is 2. The van der Waals surface area contributed by atoms with Crippen molar-refractivity contribution >= 4 is 28.5 Å². The molecule has 1 unspecified atom stereocenters. The third-order valence-electron chi connectivity index (χ3n) is 8.48. The Hall–Kier alpha value is -3.34. The first-order valence-electron chi connectivity index (χ1n) is 13.1. The number of nitriles is 1. The first-order chi connectivity index (χ1) is 17.4. The van der Waals surface area contributed by atoms with Crippen LogP contribution in [0.25, 0.3) is 10.9 Å². The zero-order chi connectivity index (χ0) is 25.3. The molecular formula is C28H34N4O4. The lowest BCUT2D eigenvalue weighted by molar-refractivity contribution is -0.126. The molecule has 3 aliphatic rings. The molecule has 190 valence electrons. The van der Waals surface area contributed by atoms with Crippen molar-refractivity contribution in [2.45, 2.75) is 76.3 Å². The van der Waals surface area contributed by atoms with Crippen LogP contribution in [0.15, 0.2) is 24.3 Å². The zero-order valence-electron chi connectivity index (χ0n) is 20.8. The molecule has 8 heteroatoms. The smallest absolute Gasteiger partial charge is 0.271 e. The highest BCUT2D eigenvalue weighted by Crippen LogP contribution is 2.47. The van der Waals surface area contributed by atoms with E-state index < -0.39 is 12.1 Å². The van der Waals surface area contributed by atoms with Gasteiger partial charge in [-0.1, -0.05) is 25.3 Å². The summed E-state index contributed by atoms with van der Waals surface area (Å²) in [7, 11) is 1.60. The Kier molecular flexibility index (Phi) is 6.74. The number of Topliss-reactive ketones (excluding diaryl/α,β-unsaturated/α-hetero) is 1. The Morgan fingerprint density at radius 2 is 2.08 bits per heavy atom. The van der Waals surface area contributed by atoms with Gasteiger partial charge in [-0.05, 0) is 62.1 Å². The van der Waals surface area contributed by atoms with Crippen molar-refractivity contribution in [2.75, 3.05) is 13.7 Å². The number of carbonyl (C=O) groups excluding carboxylic acids is 3. The van der Waals surface area contributed by atoms with E-state index in [0.29, 0.717) is 37.3 Å². The second kappa shape index (κ2) is 9.96. The number of rotatable bonds is 6. The van der Waals surface area contributed by atoms with Gasteiger partial charge < -0.3 is 19.9 Å². The van der Waals surface area contributed by atoms with E-state index in [9.17, 15) is 19.6 Å². The van der Waals surface area contributed by atoms with Crippen LogP contribution in [0.4, 0.5) is 0 Å². The lowest BCUT2D eigenvalue weighted by Crippen LogP contribution is -2.49. The Morgan fingerprint density at radius 3 is 2.78 bits per heavy atom. The van der Waals surface area contributed by atoms with E-state index in [0.717, 1.165) is 49.4 Å². The molecular weight excluding hydrogens is 456 g/mol. The molecule has 2 aromatic rings. The van der Waals surface area contributed by atoms with Gasteiger partial charge in [0, 0.05) is 29.8 Å². The van der Waals surface area contributed by atoms with E-state index in [1.165, 1.54) is 6.42 Å². The topological polar surface area (TPSA) is 115 Å². The summed E-state index contributed by atoms with van der Waals surface area (Å²) in [6.07, 6.45) is 8.50. The predicted molar refractivity (Wildman–Crippen MR) is 134 cm³/mol. The Balaban J connectivity index is 1.39. The average Bonchev–Trinajstić information content (AvgIpc) is 3.60. The highest BCUT2D eigenvalue weighted by atomic mass is 16.5. The highest BCUT2D eigenvalue weighted by Gasteiger charge is 2.49. The lowest BCUT2D eigenvalue weighted by atomic mass is 9.72. The summed E-state index contributed by atoms with van der Waals surface area (Å²) in [5.41, 5.74) is 1.16. The quantitative estimate of drug-likeness (QED) is 0.632. The maximum Gasteiger partial charge on any atom is 0.271 e. The molecule has 8 nitrogen and oxygen atoms in total. The molecule has 0 radical (unpaired) electrons. The van der Waals surface area contributed by atoms with Gasteiger partial charge in [0.1, 0.15) is 29.3 Å². The molecule has 1 saturated heterocycles. The fourth-order valence-electron chi connectivity index (χ4n) is 6.58.